The van der Waals surface area contributed by atoms with Crippen LogP contribution in [0.15, 0.2) is 22.7 Å². The van der Waals surface area contributed by atoms with Gasteiger partial charge in [-0.15, -0.1) is 0 Å². The molecule has 0 radical (unpaired) electrons. The van der Waals surface area contributed by atoms with Gasteiger partial charge >= 0.3 is 5.97 Å². The fourth-order valence-electron chi connectivity index (χ4n) is 1.48. The molecule has 0 aliphatic heterocycles. The number of nitrogens with two attached hydrogens (primary N) is 1. The number of hydrogen-bond donors (Lipinski definition) is 2. The van der Waals surface area contributed by atoms with Gasteiger partial charge in [-0.3, -0.25) is 14.5 Å². The van der Waals surface area contributed by atoms with Crippen LogP contribution in [0.5, 0.6) is 0 Å². The molecule has 0 aliphatic rings. The van der Waals surface area contributed by atoms with E-state index < -0.39 is 17.7 Å². The summed E-state index contributed by atoms with van der Waals surface area (Å²) < 4.78 is 13.7. The lowest BCUT2D eigenvalue weighted by Gasteiger charge is -2.19. The van der Waals surface area contributed by atoms with Gasteiger partial charge in [0.25, 0.3) is 0 Å². The first-order chi connectivity index (χ1) is 8.38. The van der Waals surface area contributed by atoms with Crippen LogP contribution in [-0.2, 0) is 16.1 Å². The van der Waals surface area contributed by atoms with E-state index in [1.54, 1.807) is 0 Å². The molecule has 0 atom stereocenters. The van der Waals surface area contributed by atoms with E-state index in [1.807, 2.05) is 0 Å². The van der Waals surface area contributed by atoms with Crippen molar-refractivity contribution >= 4 is 27.8 Å². The highest BCUT2D eigenvalue weighted by Gasteiger charge is 2.14. The summed E-state index contributed by atoms with van der Waals surface area (Å²) in [6.07, 6.45) is 0. The van der Waals surface area contributed by atoms with Crippen molar-refractivity contribution in [3.05, 3.63) is 34.1 Å². The third-order valence-electron chi connectivity index (χ3n) is 2.14. The number of rotatable bonds is 6. The second kappa shape index (κ2) is 6.46. The van der Waals surface area contributed by atoms with Gasteiger partial charge in [0.1, 0.15) is 5.82 Å². The van der Waals surface area contributed by atoms with Crippen LogP contribution in [0, 0.1) is 5.82 Å². The smallest absolute Gasteiger partial charge is 0.317 e. The van der Waals surface area contributed by atoms with Gasteiger partial charge in [-0.2, -0.15) is 0 Å². The van der Waals surface area contributed by atoms with Crippen LogP contribution in [0.2, 0.25) is 0 Å². The fourth-order valence-corrected chi connectivity index (χ4v) is 1.86. The monoisotopic (exact) mass is 318 g/mol. The molecular formula is C11H12BrFN2O3. The summed E-state index contributed by atoms with van der Waals surface area (Å²) in [6.45, 7) is -0.422. The first-order valence-electron chi connectivity index (χ1n) is 5.05. The van der Waals surface area contributed by atoms with Gasteiger partial charge in [0.15, 0.2) is 0 Å². The van der Waals surface area contributed by atoms with Crippen molar-refractivity contribution in [2.24, 2.45) is 5.73 Å². The van der Waals surface area contributed by atoms with Crippen molar-refractivity contribution in [3.63, 3.8) is 0 Å². The molecule has 0 unspecified atom stereocenters. The standard InChI is InChI=1S/C11H12BrFN2O3/c12-9-2-1-8(13)3-7(9)4-15(5-10(14)16)6-11(17)18/h1-3H,4-6H2,(H2,14,16)(H,17,18). The predicted molar refractivity (Wildman–Crippen MR) is 66.2 cm³/mol. The number of carbonyl (C=O) groups is 2. The van der Waals surface area contributed by atoms with Crippen LogP contribution in [0.1, 0.15) is 5.56 Å². The number of carboxylic acid groups (broad SMARTS) is 1. The fraction of sp³-hybridized carbons (Fsp3) is 0.273. The Labute approximate surface area is 112 Å². The second-order valence-corrected chi connectivity index (χ2v) is 4.60. The minimum atomic E-state index is -1.08. The van der Waals surface area contributed by atoms with Gasteiger partial charge in [-0.05, 0) is 23.8 Å². The van der Waals surface area contributed by atoms with E-state index in [-0.39, 0.29) is 19.6 Å². The molecule has 0 fully saturated rings. The molecule has 0 saturated heterocycles. The van der Waals surface area contributed by atoms with Crippen molar-refractivity contribution in [2.45, 2.75) is 6.54 Å². The zero-order valence-electron chi connectivity index (χ0n) is 9.40. The number of benzene rings is 1. The molecule has 1 amide bonds. The summed E-state index contributed by atoms with van der Waals surface area (Å²) in [4.78, 5) is 22.8. The molecule has 1 rings (SSSR count). The van der Waals surface area contributed by atoms with E-state index in [0.717, 1.165) is 0 Å². The van der Waals surface area contributed by atoms with Crippen molar-refractivity contribution in [2.75, 3.05) is 13.1 Å². The molecular weight excluding hydrogens is 307 g/mol. The highest BCUT2D eigenvalue weighted by molar-refractivity contribution is 9.10. The molecule has 0 aliphatic carbocycles. The van der Waals surface area contributed by atoms with E-state index >= 15 is 0 Å². The lowest BCUT2D eigenvalue weighted by Crippen LogP contribution is -2.37. The molecule has 5 nitrogen and oxygen atoms in total. The number of amides is 1. The molecule has 98 valence electrons. The zero-order valence-corrected chi connectivity index (χ0v) is 11.0. The average Bonchev–Trinajstić information content (AvgIpc) is 2.21. The van der Waals surface area contributed by atoms with Crippen LogP contribution >= 0.6 is 15.9 Å². The molecule has 3 N–H and O–H groups in total. The third-order valence-corrected chi connectivity index (χ3v) is 2.91. The Kier molecular flexibility index (Phi) is 5.24. The van der Waals surface area contributed by atoms with Crippen LogP contribution in [-0.4, -0.2) is 35.0 Å². The van der Waals surface area contributed by atoms with Crippen molar-refractivity contribution < 1.29 is 19.1 Å². The maximum atomic E-state index is 13.1. The van der Waals surface area contributed by atoms with Gasteiger partial charge in [0.05, 0.1) is 13.1 Å². The zero-order chi connectivity index (χ0) is 13.7. The Balaban J connectivity index is 2.84. The Bertz CT molecular complexity index is 452. The van der Waals surface area contributed by atoms with Crippen LogP contribution in [0.4, 0.5) is 4.39 Å². The quantitative estimate of drug-likeness (QED) is 0.818. The molecule has 0 aromatic heterocycles. The highest BCUT2D eigenvalue weighted by Crippen LogP contribution is 2.19. The van der Waals surface area contributed by atoms with Crippen LogP contribution in [0.3, 0.4) is 0 Å². The number of primary amides is 1. The highest BCUT2D eigenvalue weighted by atomic mass is 79.9. The predicted octanol–water partition coefficient (Wildman–Crippen LogP) is 0.960. The van der Waals surface area contributed by atoms with Gasteiger partial charge in [-0.25, -0.2) is 4.39 Å². The molecule has 0 saturated carbocycles. The topological polar surface area (TPSA) is 83.6 Å². The molecule has 7 heteroatoms. The van der Waals surface area contributed by atoms with Crippen LogP contribution in [0.25, 0.3) is 0 Å². The molecule has 1 aromatic carbocycles. The maximum absolute atomic E-state index is 13.1. The normalized spacial score (nSPS) is 10.6. The van der Waals surface area contributed by atoms with Crippen molar-refractivity contribution in [1.82, 2.24) is 4.90 Å². The van der Waals surface area contributed by atoms with Gasteiger partial charge in [0.2, 0.25) is 5.91 Å². The summed E-state index contributed by atoms with van der Waals surface area (Å²) in [5, 5.41) is 8.72. The minimum absolute atomic E-state index is 0.119. The number of carbonyl (C=O) groups excluding carboxylic acids is 1. The first-order valence-corrected chi connectivity index (χ1v) is 5.84. The Morgan fingerprint density at radius 2 is 2.06 bits per heavy atom. The van der Waals surface area contributed by atoms with Crippen molar-refractivity contribution in [1.29, 1.82) is 0 Å². The van der Waals surface area contributed by atoms with Gasteiger partial charge in [-0.1, -0.05) is 15.9 Å². The molecule has 18 heavy (non-hydrogen) atoms. The molecule has 0 heterocycles. The summed E-state index contributed by atoms with van der Waals surface area (Å²) in [5.41, 5.74) is 5.58. The first kappa shape index (κ1) is 14.6. The Hall–Kier alpha value is -1.47. The number of halogens is 2. The largest absolute Gasteiger partial charge is 0.480 e. The van der Waals surface area contributed by atoms with Gasteiger partial charge in [0, 0.05) is 11.0 Å². The lowest BCUT2D eigenvalue weighted by molar-refractivity contribution is -0.138. The molecule has 0 spiro atoms. The Morgan fingerprint density at radius 1 is 1.39 bits per heavy atom. The second-order valence-electron chi connectivity index (χ2n) is 3.74. The summed E-state index contributed by atoms with van der Waals surface area (Å²) in [5.74, 6) is -2.14. The van der Waals surface area contributed by atoms with Crippen molar-refractivity contribution in [3.8, 4) is 0 Å². The summed E-state index contributed by atoms with van der Waals surface area (Å²) >= 11 is 3.23. The van der Waals surface area contributed by atoms with Crippen LogP contribution < -0.4 is 5.73 Å². The third kappa shape index (κ3) is 4.80. The molecule has 1 aromatic rings. The number of nitrogens with zero attached hydrogens (tertiary/aromatic N) is 1. The minimum Gasteiger partial charge on any atom is -0.480 e. The number of hydrogen-bond acceptors (Lipinski definition) is 3. The van der Waals surface area contributed by atoms with E-state index in [0.29, 0.717) is 10.0 Å². The van der Waals surface area contributed by atoms with E-state index in [1.165, 1.54) is 23.1 Å². The number of carboxylic acids is 1. The summed E-state index contributed by atoms with van der Waals surface area (Å²) in [7, 11) is 0. The lowest BCUT2D eigenvalue weighted by atomic mass is 10.2. The maximum Gasteiger partial charge on any atom is 0.317 e. The number of aliphatic carboxylic acids is 1. The average molecular weight is 319 g/mol. The Morgan fingerprint density at radius 3 is 2.61 bits per heavy atom. The SMILES string of the molecule is NC(=O)CN(CC(=O)O)Cc1cc(F)ccc1Br. The van der Waals surface area contributed by atoms with E-state index in [4.69, 9.17) is 10.8 Å². The van der Waals surface area contributed by atoms with E-state index in [2.05, 4.69) is 15.9 Å². The summed E-state index contributed by atoms with van der Waals surface area (Å²) in [6, 6.07) is 4.08. The molecule has 0 bridgehead atoms. The van der Waals surface area contributed by atoms with Gasteiger partial charge < -0.3 is 10.8 Å². The van der Waals surface area contributed by atoms with E-state index in [9.17, 15) is 14.0 Å².